The number of benzene rings is 1. The number of nitrogens with one attached hydrogen (secondary N) is 1. The SMILES string of the molecule is Brc1ccc2c(c1)CCC(N1CCN(C3CNC3)CC1)C2. The Morgan fingerprint density at radius 2 is 1.67 bits per heavy atom. The lowest BCUT2D eigenvalue weighted by molar-refractivity contribution is 0.0482. The maximum Gasteiger partial charge on any atom is 0.0346 e. The highest BCUT2D eigenvalue weighted by molar-refractivity contribution is 9.10. The van der Waals surface area contributed by atoms with Gasteiger partial charge < -0.3 is 5.32 Å². The van der Waals surface area contributed by atoms with Gasteiger partial charge in [0, 0.05) is 55.8 Å². The maximum absolute atomic E-state index is 3.59. The first kappa shape index (κ1) is 14.2. The molecular weight excluding hydrogens is 326 g/mol. The zero-order chi connectivity index (χ0) is 14.2. The van der Waals surface area contributed by atoms with Crippen LogP contribution < -0.4 is 5.32 Å². The third-order valence-electron chi connectivity index (χ3n) is 5.51. The van der Waals surface area contributed by atoms with Crippen LogP contribution in [0.3, 0.4) is 0 Å². The summed E-state index contributed by atoms with van der Waals surface area (Å²) < 4.78 is 1.22. The van der Waals surface area contributed by atoms with Crippen molar-refractivity contribution in [1.29, 1.82) is 0 Å². The molecule has 2 heterocycles. The summed E-state index contributed by atoms with van der Waals surface area (Å²) >= 11 is 3.59. The summed E-state index contributed by atoms with van der Waals surface area (Å²) in [6.07, 6.45) is 3.81. The largest absolute Gasteiger partial charge is 0.314 e. The molecule has 0 spiro atoms. The van der Waals surface area contributed by atoms with Crippen molar-refractivity contribution in [2.75, 3.05) is 39.3 Å². The van der Waals surface area contributed by atoms with Gasteiger partial charge in [0.1, 0.15) is 0 Å². The smallest absolute Gasteiger partial charge is 0.0346 e. The summed E-state index contributed by atoms with van der Waals surface area (Å²) in [5.74, 6) is 0. The first-order chi connectivity index (χ1) is 10.3. The molecular formula is C17H24BrN3. The Hall–Kier alpha value is -0.420. The van der Waals surface area contributed by atoms with Gasteiger partial charge >= 0.3 is 0 Å². The molecule has 2 aliphatic heterocycles. The fourth-order valence-electron chi connectivity index (χ4n) is 4.02. The summed E-state index contributed by atoms with van der Waals surface area (Å²) in [5.41, 5.74) is 3.12. The molecule has 2 fully saturated rings. The van der Waals surface area contributed by atoms with Gasteiger partial charge in [-0.1, -0.05) is 22.0 Å². The molecule has 114 valence electrons. The van der Waals surface area contributed by atoms with Crippen LogP contribution in [0, 0.1) is 0 Å². The third kappa shape index (κ3) is 2.91. The molecule has 21 heavy (non-hydrogen) atoms. The normalized spacial score (nSPS) is 28.1. The second kappa shape index (κ2) is 5.99. The third-order valence-corrected chi connectivity index (χ3v) is 6.01. The maximum atomic E-state index is 3.59. The Balaban J connectivity index is 1.36. The van der Waals surface area contributed by atoms with Crippen LogP contribution in [0.1, 0.15) is 17.5 Å². The van der Waals surface area contributed by atoms with Crippen LogP contribution in [-0.4, -0.2) is 61.2 Å². The monoisotopic (exact) mass is 349 g/mol. The molecule has 0 amide bonds. The minimum atomic E-state index is 0.764. The van der Waals surface area contributed by atoms with E-state index in [2.05, 4.69) is 49.2 Å². The summed E-state index contributed by atoms with van der Waals surface area (Å²) in [4.78, 5) is 5.43. The average Bonchev–Trinajstić information content (AvgIpc) is 2.46. The minimum absolute atomic E-state index is 0.764. The number of halogens is 1. The van der Waals surface area contributed by atoms with Crippen LogP contribution in [0.2, 0.25) is 0 Å². The first-order valence-electron chi connectivity index (χ1n) is 8.26. The lowest BCUT2D eigenvalue weighted by atomic mass is 9.87. The predicted molar refractivity (Wildman–Crippen MR) is 89.8 cm³/mol. The highest BCUT2D eigenvalue weighted by Crippen LogP contribution is 2.28. The number of rotatable bonds is 2. The second-order valence-corrected chi connectivity index (χ2v) is 7.61. The van der Waals surface area contributed by atoms with Crippen molar-refractivity contribution in [1.82, 2.24) is 15.1 Å². The summed E-state index contributed by atoms with van der Waals surface area (Å²) in [6, 6.07) is 8.41. The van der Waals surface area contributed by atoms with Crippen LogP contribution >= 0.6 is 15.9 Å². The highest BCUT2D eigenvalue weighted by atomic mass is 79.9. The Kier molecular flexibility index (Phi) is 4.05. The van der Waals surface area contributed by atoms with Crippen molar-refractivity contribution in [3.05, 3.63) is 33.8 Å². The van der Waals surface area contributed by atoms with Gasteiger partial charge in [-0.3, -0.25) is 9.80 Å². The molecule has 3 aliphatic rings. The molecule has 0 saturated carbocycles. The Bertz CT molecular complexity index is 507. The van der Waals surface area contributed by atoms with Gasteiger partial charge in [0.15, 0.2) is 0 Å². The highest BCUT2D eigenvalue weighted by Gasteiger charge is 2.31. The predicted octanol–water partition coefficient (Wildman–Crippen LogP) is 1.90. The molecule has 1 unspecified atom stereocenters. The molecule has 1 aliphatic carbocycles. The summed E-state index contributed by atoms with van der Waals surface area (Å²) in [5, 5.41) is 3.39. The van der Waals surface area contributed by atoms with E-state index in [1.165, 1.54) is 63.0 Å². The fourth-order valence-corrected chi connectivity index (χ4v) is 4.42. The van der Waals surface area contributed by atoms with E-state index in [0.717, 1.165) is 12.1 Å². The molecule has 1 aromatic carbocycles. The zero-order valence-electron chi connectivity index (χ0n) is 12.5. The molecule has 1 N–H and O–H groups in total. The van der Waals surface area contributed by atoms with E-state index in [0.29, 0.717) is 0 Å². The van der Waals surface area contributed by atoms with Crippen molar-refractivity contribution < 1.29 is 0 Å². The number of fused-ring (bicyclic) bond motifs is 1. The first-order valence-corrected chi connectivity index (χ1v) is 9.05. The number of piperazine rings is 1. The van der Waals surface area contributed by atoms with Crippen molar-refractivity contribution in [3.8, 4) is 0 Å². The fraction of sp³-hybridized carbons (Fsp3) is 0.647. The van der Waals surface area contributed by atoms with E-state index >= 15 is 0 Å². The quantitative estimate of drug-likeness (QED) is 0.879. The zero-order valence-corrected chi connectivity index (χ0v) is 14.1. The van der Waals surface area contributed by atoms with Gasteiger partial charge in [0.25, 0.3) is 0 Å². The van der Waals surface area contributed by atoms with Crippen molar-refractivity contribution in [2.24, 2.45) is 0 Å². The topological polar surface area (TPSA) is 18.5 Å². The van der Waals surface area contributed by atoms with Gasteiger partial charge in [0.2, 0.25) is 0 Å². The molecule has 2 saturated heterocycles. The van der Waals surface area contributed by atoms with E-state index < -0.39 is 0 Å². The number of nitrogens with zero attached hydrogens (tertiary/aromatic N) is 2. The molecule has 3 nitrogen and oxygen atoms in total. The van der Waals surface area contributed by atoms with Gasteiger partial charge in [-0.25, -0.2) is 0 Å². The Labute approximate surface area is 135 Å². The van der Waals surface area contributed by atoms with Crippen LogP contribution in [-0.2, 0) is 12.8 Å². The van der Waals surface area contributed by atoms with Gasteiger partial charge in [0.05, 0.1) is 0 Å². The minimum Gasteiger partial charge on any atom is -0.314 e. The Morgan fingerprint density at radius 3 is 2.33 bits per heavy atom. The molecule has 0 aromatic heterocycles. The second-order valence-electron chi connectivity index (χ2n) is 6.69. The molecule has 0 bridgehead atoms. The van der Waals surface area contributed by atoms with Crippen LogP contribution in [0.15, 0.2) is 22.7 Å². The molecule has 4 heteroatoms. The molecule has 1 aromatic rings. The van der Waals surface area contributed by atoms with E-state index in [1.54, 1.807) is 11.1 Å². The van der Waals surface area contributed by atoms with Crippen molar-refractivity contribution in [3.63, 3.8) is 0 Å². The van der Waals surface area contributed by atoms with Crippen molar-refractivity contribution >= 4 is 15.9 Å². The molecule has 1 atom stereocenters. The van der Waals surface area contributed by atoms with Gasteiger partial charge in [-0.05, 0) is 42.5 Å². The van der Waals surface area contributed by atoms with E-state index in [1.807, 2.05) is 0 Å². The van der Waals surface area contributed by atoms with Gasteiger partial charge in [-0.15, -0.1) is 0 Å². The summed E-state index contributed by atoms with van der Waals surface area (Å²) in [7, 11) is 0. The van der Waals surface area contributed by atoms with Crippen LogP contribution in [0.4, 0.5) is 0 Å². The lowest BCUT2D eigenvalue weighted by Gasteiger charge is -2.46. The Morgan fingerprint density at radius 1 is 0.952 bits per heavy atom. The molecule has 0 radical (unpaired) electrons. The summed E-state index contributed by atoms with van der Waals surface area (Å²) in [6.45, 7) is 7.43. The van der Waals surface area contributed by atoms with Crippen LogP contribution in [0.5, 0.6) is 0 Å². The standard InChI is InChI=1S/C17H24BrN3/c18-15-3-1-14-10-16(4-2-13(14)9-15)20-5-7-21(8-6-20)17-11-19-12-17/h1,3,9,16-17,19H,2,4-8,10-12H2. The van der Waals surface area contributed by atoms with E-state index in [9.17, 15) is 0 Å². The van der Waals surface area contributed by atoms with Crippen molar-refractivity contribution in [2.45, 2.75) is 31.3 Å². The van der Waals surface area contributed by atoms with Gasteiger partial charge in [-0.2, -0.15) is 0 Å². The lowest BCUT2D eigenvalue weighted by Crippen LogP contribution is -2.62. The molecule has 4 rings (SSSR count). The van der Waals surface area contributed by atoms with E-state index in [4.69, 9.17) is 0 Å². The number of aryl methyl sites for hydroxylation is 1. The van der Waals surface area contributed by atoms with Crippen LogP contribution in [0.25, 0.3) is 0 Å². The van der Waals surface area contributed by atoms with E-state index in [-0.39, 0.29) is 0 Å². The number of hydrogen-bond acceptors (Lipinski definition) is 3. The average molecular weight is 350 g/mol. The number of hydrogen-bond donors (Lipinski definition) is 1.